The molecule has 0 radical (unpaired) electrons. The minimum atomic E-state index is -0.304. The molecule has 0 saturated heterocycles. The van der Waals surface area contributed by atoms with E-state index < -0.39 is 0 Å². The number of benzene rings is 1. The summed E-state index contributed by atoms with van der Waals surface area (Å²) < 4.78 is 5.51. The second-order valence-corrected chi connectivity index (χ2v) is 7.29. The molecule has 28 heavy (non-hydrogen) atoms. The zero-order chi connectivity index (χ0) is 19.1. The normalized spacial score (nSPS) is 16.0. The van der Waals surface area contributed by atoms with Gasteiger partial charge in [0.1, 0.15) is 0 Å². The third-order valence-corrected chi connectivity index (χ3v) is 5.52. The van der Waals surface area contributed by atoms with Crippen molar-refractivity contribution in [1.29, 1.82) is 0 Å². The predicted molar refractivity (Wildman–Crippen MR) is 103 cm³/mol. The van der Waals surface area contributed by atoms with Crippen LogP contribution in [0, 0.1) is 5.92 Å². The summed E-state index contributed by atoms with van der Waals surface area (Å²) in [6.07, 6.45) is 9.19. The van der Waals surface area contributed by atoms with E-state index in [4.69, 9.17) is 10.3 Å². The molecule has 3 N–H and O–H groups in total. The maximum Gasteiger partial charge on any atom is 0.261 e. The molecule has 1 atom stereocenters. The van der Waals surface area contributed by atoms with Gasteiger partial charge in [-0.05, 0) is 36.8 Å². The molecule has 140 valence electrons. The largest absolute Gasteiger partial charge is 0.368 e. The molecule has 1 unspecified atom stereocenters. The van der Waals surface area contributed by atoms with Gasteiger partial charge in [0.25, 0.3) is 5.89 Å². The van der Waals surface area contributed by atoms with Crippen molar-refractivity contribution in [3.63, 3.8) is 0 Å². The summed E-state index contributed by atoms with van der Waals surface area (Å²) in [5.74, 6) is 1.95. The number of nitrogen functional groups attached to an aromatic ring is 1. The number of anilines is 1. The quantitative estimate of drug-likeness (QED) is 0.551. The average molecular weight is 373 g/mol. The Balaban J connectivity index is 1.50. The van der Waals surface area contributed by atoms with Gasteiger partial charge >= 0.3 is 0 Å². The standard InChI is InChI=1S/C20H19N7O/c1-20(16-6-7-16,18-26-17(28-27-18)14-10-24-25-11-14)15-4-2-12(3-5-15)13-8-22-19(21)23-9-13/h2-5,8-11,16H,6-7H2,1H3,(H,24,25)(H2,21,22,23). The Bertz CT molecular complexity index is 1080. The number of aromatic nitrogens is 6. The van der Waals surface area contributed by atoms with Crippen LogP contribution < -0.4 is 5.73 Å². The van der Waals surface area contributed by atoms with Crippen LogP contribution in [0.15, 0.2) is 53.6 Å². The first kappa shape index (κ1) is 16.6. The molecule has 1 aliphatic carbocycles. The highest BCUT2D eigenvalue weighted by molar-refractivity contribution is 5.63. The van der Waals surface area contributed by atoms with Crippen molar-refractivity contribution in [3.05, 3.63) is 60.4 Å². The highest BCUT2D eigenvalue weighted by Crippen LogP contribution is 2.50. The van der Waals surface area contributed by atoms with E-state index in [1.165, 1.54) is 0 Å². The lowest BCUT2D eigenvalue weighted by Crippen LogP contribution is -2.28. The van der Waals surface area contributed by atoms with Gasteiger partial charge in [0.05, 0.1) is 17.2 Å². The molecule has 1 saturated carbocycles. The number of nitrogens with zero attached hydrogens (tertiary/aromatic N) is 5. The maximum absolute atomic E-state index is 5.58. The van der Waals surface area contributed by atoms with Crippen molar-refractivity contribution in [3.8, 4) is 22.6 Å². The van der Waals surface area contributed by atoms with Gasteiger partial charge in [-0.2, -0.15) is 10.1 Å². The number of nitrogens with two attached hydrogens (primary N) is 1. The third-order valence-electron chi connectivity index (χ3n) is 5.52. The number of hydrogen-bond acceptors (Lipinski definition) is 7. The second-order valence-electron chi connectivity index (χ2n) is 7.29. The van der Waals surface area contributed by atoms with Crippen molar-refractivity contribution in [2.45, 2.75) is 25.2 Å². The summed E-state index contributed by atoms with van der Waals surface area (Å²) in [6, 6.07) is 8.39. The Kier molecular flexibility index (Phi) is 3.71. The fourth-order valence-electron chi connectivity index (χ4n) is 3.62. The Morgan fingerprint density at radius 1 is 1.04 bits per heavy atom. The molecular weight excluding hydrogens is 354 g/mol. The minimum absolute atomic E-state index is 0.271. The van der Waals surface area contributed by atoms with Gasteiger partial charge in [0, 0.05) is 24.2 Å². The molecule has 0 bridgehead atoms. The smallest absolute Gasteiger partial charge is 0.261 e. The van der Waals surface area contributed by atoms with E-state index in [0.29, 0.717) is 17.6 Å². The highest BCUT2D eigenvalue weighted by Gasteiger charge is 2.47. The van der Waals surface area contributed by atoms with Crippen LogP contribution >= 0.6 is 0 Å². The highest BCUT2D eigenvalue weighted by atomic mass is 16.5. The lowest BCUT2D eigenvalue weighted by atomic mass is 9.77. The molecule has 0 aliphatic heterocycles. The molecule has 3 aromatic heterocycles. The Labute approximate surface area is 161 Å². The zero-order valence-corrected chi connectivity index (χ0v) is 15.3. The average Bonchev–Trinajstić information content (AvgIpc) is 3.23. The maximum atomic E-state index is 5.58. The number of hydrogen-bond donors (Lipinski definition) is 2. The van der Waals surface area contributed by atoms with Gasteiger partial charge in [-0.1, -0.05) is 29.4 Å². The van der Waals surface area contributed by atoms with E-state index in [2.05, 4.69) is 61.5 Å². The predicted octanol–water partition coefficient (Wildman–Crippen LogP) is 3.21. The first-order valence-corrected chi connectivity index (χ1v) is 9.16. The Hall–Kier alpha value is -3.55. The van der Waals surface area contributed by atoms with Crippen LogP contribution in [-0.2, 0) is 5.41 Å². The van der Waals surface area contributed by atoms with E-state index in [9.17, 15) is 0 Å². The first-order valence-electron chi connectivity index (χ1n) is 9.16. The lowest BCUT2D eigenvalue weighted by molar-refractivity contribution is 0.386. The Morgan fingerprint density at radius 3 is 2.43 bits per heavy atom. The molecule has 0 spiro atoms. The molecule has 1 fully saturated rings. The van der Waals surface area contributed by atoms with Crippen LogP contribution in [0.4, 0.5) is 5.95 Å². The molecule has 3 heterocycles. The van der Waals surface area contributed by atoms with Crippen LogP contribution in [0.5, 0.6) is 0 Å². The minimum Gasteiger partial charge on any atom is -0.368 e. The van der Waals surface area contributed by atoms with Gasteiger partial charge < -0.3 is 10.3 Å². The van der Waals surface area contributed by atoms with Crippen molar-refractivity contribution >= 4 is 5.95 Å². The van der Waals surface area contributed by atoms with E-state index in [1.807, 2.05) is 0 Å². The van der Waals surface area contributed by atoms with Crippen LogP contribution in [0.25, 0.3) is 22.6 Å². The number of rotatable bonds is 5. The topological polar surface area (TPSA) is 119 Å². The van der Waals surface area contributed by atoms with Gasteiger partial charge in [-0.3, -0.25) is 5.10 Å². The van der Waals surface area contributed by atoms with E-state index in [0.717, 1.165) is 35.1 Å². The molecule has 1 aliphatic rings. The summed E-state index contributed by atoms with van der Waals surface area (Å²) >= 11 is 0. The number of aromatic amines is 1. The Morgan fingerprint density at radius 2 is 1.79 bits per heavy atom. The van der Waals surface area contributed by atoms with Crippen LogP contribution in [0.3, 0.4) is 0 Å². The van der Waals surface area contributed by atoms with Gasteiger partial charge in [0.2, 0.25) is 5.95 Å². The third kappa shape index (κ3) is 2.74. The summed E-state index contributed by atoms with van der Waals surface area (Å²) in [6.45, 7) is 2.19. The van der Waals surface area contributed by atoms with E-state index in [-0.39, 0.29) is 11.4 Å². The monoisotopic (exact) mass is 373 g/mol. The molecule has 8 nitrogen and oxygen atoms in total. The van der Waals surface area contributed by atoms with Gasteiger partial charge in [0.15, 0.2) is 5.82 Å². The van der Waals surface area contributed by atoms with Gasteiger partial charge in [-0.15, -0.1) is 0 Å². The van der Waals surface area contributed by atoms with Gasteiger partial charge in [-0.25, -0.2) is 9.97 Å². The molecule has 1 aromatic carbocycles. The van der Waals surface area contributed by atoms with Crippen molar-refractivity contribution in [2.24, 2.45) is 5.92 Å². The molecule has 8 heteroatoms. The van der Waals surface area contributed by atoms with Crippen LogP contribution in [0.2, 0.25) is 0 Å². The van der Waals surface area contributed by atoms with E-state index >= 15 is 0 Å². The van der Waals surface area contributed by atoms with Crippen molar-refractivity contribution in [1.82, 2.24) is 30.3 Å². The lowest BCUT2D eigenvalue weighted by Gasteiger charge is -2.27. The molecular formula is C20H19N7O. The van der Waals surface area contributed by atoms with Crippen LogP contribution in [-0.4, -0.2) is 30.3 Å². The summed E-state index contributed by atoms with van der Waals surface area (Å²) in [5, 5.41) is 11.0. The molecule has 5 rings (SSSR count). The first-order chi connectivity index (χ1) is 13.6. The molecule has 4 aromatic rings. The van der Waals surface area contributed by atoms with E-state index in [1.54, 1.807) is 24.8 Å². The fourth-order valence-corrected chi connectivity index (χ4v) is 3.62. The SMILES string of the molecule is CC(c1ccc(-c2cnc(N)nc2)cc1)(c1noc(-c2cn[nH]c2)n1)C1CC1. The van der Waals surface area contributed by atoms with Crippen molar-refractivity contribution < 1.29 is 4.52 Å². The number of nitrogens with one attached hydrogen (secondary N) is 1. The summed E-state index contributed by atoms with van der Waals surface area (Å²) in [5.41, 5.74) is 9.18. The summed E-state index contributed by atoms with van der Waals surface area (Å²) in [7, 11) is 0. The summed E-state index contributed by atoms with van der Waals surface area (Å²) in [4.78, 5) is 12.8. The fraction of sp³-hybridized carbons (Fsp3) is 0.250. The number of H-pyrrole nitrogens is 1. The van der Waals surface area contributed by atoms with Crippen LogP contribution in [0.1, 0.15) is 31.2 Å². The second kappa shape index (κ2) is 6.26. The van der Waals surface area contributed by atoms with Crippen molar-refractivity contribution in [2.75, 3.05) is 5.73 Å². The zero-order valence-electron chi connectivity index (χ0n) is 15.3. The molecule has 0 amide bonds.